The molecule has 0 bridgehead atoms. The Balaban J connectivity index is 2.09. The van der Waals surface area contributed by atoms with Gasteiger partial charge in [-0.15, -0.1) is 11.3 Å². The zero-order chi connectivity index (χ0) is 10.7. The van der Waals surface area contributed by atoms with E-state index in [1.54, 1.807) is 11.3 Å². The van der Waals surface area contributed by atoms with Gasteiger partial charge in [0.1, 0.15) is 5.01 Å². The summed E-state index contributed by atoms with van der Waals surface area (Å²) in [5.41, 5.74) is 1.02. The predicted octanol–water partition coefficient (Wildman–Crippen LogP) is 3.97. The van der Waals surface area contributed by atoms with Gasteiger partial charge in [-0.1, -0.05) is 17.7 Å². The Morgan fingerprint density at radius 1 is 1.47 bits per heavy atom. The molecule has 0 fully saturated rings. The largest absolute Gasteiger partial charge is 0.376 e. The van der Waals surface area contributed by atoms with Gasteiger partial charge in [0.05, 0.1) is 6.04 Å². The molecule has 0 aliphatic rings. The highest BCUT2D eigenvalue weighted by molar-refractivity contribution is 7.09. The van der Waals surface area contributed by atoms with Gasteiger partial charge in [0.25, 0.3) is 0 Å². The van der Waals surface area contributed by atoms with Crippen LogP contribution in [0.5, 0.6) is 0 Å². The lowest BCUT2D eigenvalue weighted by Gasteiger charge is -2.12. The highest BCUT2D eigenvalue weighted by atomic mass is 35.5. The van der Waals surface area contributed by atoms with Crippen LogP contribution in [0.2, 0.25) is 5.02 Å². The van der Waals surface area contributed by atoms with Crippen LogP contribution in [-0.2, 0) is 0 Å². The van der Waals surface area contributed by atoms with Gasteiger partial charge in [-0.05, 0) is 25.1 Å². The Labute approximate surface area is 97.9 Å². The van der Waals surface area contributed by atoms with Gasteiger partial charge in [-0.3, -0.25) is 0 Å². The summed E-state index contributed by atoms with van der Waals surface area (Å²) in [6, 6.07) is 7.91. The maximum absolute atomic E-state index is 5.90. The molecule has 1 aromatic heterocycles. The minimum atomic E-state index is 0.212. The first-order valence-corrected chi connectivity index (χ1v) is 5.93. The quantitative estimate of drug-likeness (QED) is 0.875. The van der Waals surface area contributed by atoms with Crippen LogP contribution in [0, 0.1) is 0 Å². The second-order valence-corrected chi connectivity index (χ2v) is 4.61. The van der Waals surface area contributed by atoms with E-state index in [4.69, 9.17) is 11.6 Å². The minimum absolute atomic E-state index is 0.212. The van der Waals surface area contributed by atoms with Crippen LogP contribution < -0.4 is 5.32 Å². The van der Waals surface area contributed by atoms with Crippen molar-refractivity contribution in [3.05, 3.63) is 45.9 Å². The summed E-state index contributed by atoms with van der Waals surface area (Å²) >= 11 is 7.55. The van der Waals surface area contributed by atoms with Gasteiger partial charge in [0.2, 0.25) is 0 Å². The van der Waals surface area contributed by atoms with E-state index >= 15 is 0 Å². The number of nitrogens with one attached hydrogen (secondary N) is 1. The summed E-state index contributed by atoms with van der Waals surface area (Å²) < 4.78 is 0. The molecular weight excluding hydrogens is 228 g/mol. The highest BCUT2D eigenvalue weighted by Gasteiger charge is 2.07. The second kappa shape index (κ2) is 4.64. The molecule has 1 N–H and O–H groups in total. The topological polar surface area (TPSA) is 24.9 Å². The van der Waals surface area contributed by atoms with E-state index in [0.717, 1.165) is 15.7 Å². The number of aromatic nitrogens is 1. The molecule has 0 amide bonds. The Morgan fingerprint density at radius 3 is 3.00 bits per heavy atom. The van der Waals surface area contributed by atoms with Crippen molar-refractivity contribution in [2.45, 2.75) is 13.0 Å². The van der Waals surface area contributed by atoms with Gasteiger partial charge in [0, 0.05) is 22.3 Å². The van der Waals surface area contributed by atoms with Crippen LogP contribution >= 0.6 is 22.9 Å². The number of rotatable bonds is 3. The van der Waals surface area contributed by atoms with Crippen LogP contribution in [-0.4, -0.2) is 4.98 Å². The third-order valence-corrected chi connectivity index (χ3v) is 3.22. The molecule has 0 aliphatic carbocycles. The molecule has 1 aromatic carbocycles. The first-order valence-electron chi connectivity index (χ1n) is 4.67. The van der Waals surface area contributed by atoms with Crippen LogP contribution in [0.3, 0.4) is 0 Å². The van der Waals surface area contributed by atoms with Crippen molar-refractivity contribution < 1.29 is 0 Å². The normalized spacial score (nSPS) is 12.4. The number of nitrogens with zero attached hydrogens (tertiary/aromatic N) is 1. The fraction of sp³-hybridized carbons (Fsp3) is 0.182. The highest BCUT2D eigenvalue weighted by Crippen LogP contribution is 2.22. The lowest BCUT2D eigenvalue weighted by molar-refractivity contribution is 0.870. The predicted molar refractivity (Wildman–Crippen MR) is 65.6 cm³/mol. The summed E-state index contributed by atoms with van der Waals surface area (Å²) in [6.07, 6.45) is 1.82. The second-order valence-electron chi connectivity index (χ2n) is 3.25. The van der Waals surface area contributed by atoms with E-state index in [0.29, 0.717) is 0 Å². The molecule has 0 saturated carbocycles. The third kappa shape index (κ3) is 2.70. The van der Waals surface area contributed by atoms with Crippen molar-refractivity contribution in [2.75, 3.05) is 5.32 Å². The Hall–Kier alpha value is -1.06. The number of halogens is 1. The van der Waals surface area contributed by atoms with Crippen LogP contribution in [0.25, 0.3) is 0 Å². The molecule has 1 atom stereocenters. The van der Waals surface area contributed by atoms with Gasteiger partial charge in [-0.2, -0.15) is 0 Å². The van der Waals surface area contributed by atoms with Gasteiger partial charge in [-0.25, -0.2) is 4.98 Å². The molecule has 2 nitrogen and oxygen atoms in total. The maximum Gasteiger partial charge on any atom is 0.115 e. The van der Waals surface area contributed by atoms with Gasteiger partial charge in [0.15, 0.2) is 0 Å². The molecule has 2 rings (SSSR count). The smallest absolute Gasteiger partial charge is 0.115 e. The monoisotopic (exact) mass is 238 g/mol. The molecule has 2 aromatic rings. The molecule has 0 saturated heterocycles. The van der Waals surface area contributed by atoms with Crippen molar-refractivity contribution in [3.63, 3.8) is 0 Å². The summed E-state index contributed by atoms with van der Waals surface area (Å²) in [5, 5.41) is 7.15. The van der Waals surface area contributed by atoms with Gasteiger partial charge < -0.3 is 5.32 Å². The zero-order valence-electron chi connectivity index (χ0n) is 8.27. The molecule has 1 unspecified atom stereocenters. The van der Waals surface area contributed by atoms with E-state index in [-0.39, 0.29) is 6.04 Å². The van der Waals surface area contributed by atoms with E-state index in [2.05, 4.69) is 17.2 Å². The van der Waals surface area contributed by atoms with Crippen molar-refractivity contribution in [1.29, 1.82) is 0 Å². The van der Waals surface area contributed by atoms with Crippen LogP contribution in [0.4, 0.5) is 5.69 Å². The molecule has 0 spiro atoms. The molecule has 78 valence electrons. The summed E-state index contributed by atoms with van der Waals surface area (Å²) in [4.78, 5) is 4.26. The lowest BCUT2D eigenvalue weighted by Crippen LogP contribution is -2.05. The Kier molecular flexibility index (Phi) is 3.23. The van der Waals surface area contributed by atoms with E-state index in [1.165, 1.54) is 0 Å². The average Bonchev–Trinajstić information content (AvgIpc) is 2.70. The number of thiazole rings is 1. The van der Waals surface area contributed by atoms with E-state index in [9.17, 15) is 0 Å². The van der Waals surface area contributed by atoms with Gasteiger partial charge >= 0.3 is 0 Å². The SMILES string of the molecule is CC(Nc1cccc(Cl)c1)c1nccs1. The van der Waals surface area contributed by atoms with Crippen LogP contribution in [0.1, 0.15) is 18.0 Å². The standard InChI is InChI=1S/C11H11ClN2S/c1-8(11-13-5-6-15-11)14-10-4-2-3-9(12)7-10/h2-8,14H,1H3. The molecule has 0 aliphatic heterocycles. The fourth-order valence-corrected chi connectivity index (χ4v) is 2.17. The van der Waals surface area contributed by atoms with Crippen molar-refractivity contribution in [3.8, 4) is 0 Å². The molecular formula is C11H11ClN2S. The number of hydrogen-bond acceptors (Lipinski definition) is 3. The number of hydrogen-bond donors (Lipinski definition) is 1. The summed E-state index contributed by atoms with van der Waals surface area (Å²) in [7, 11) is 0. The molecule has 0 radical (unpaired) electrons. The first kappa shape index (κ1) is 10.5. The van der Waals surface area contributed by atoms with E-state index < -0.39 is 0 Å². The first-order chi connectivity index (χ1) is 7.25. The third-order valence-electron chi connectivity index (χ3n) is 2.03. The molecule has 15 heavy (non-hydrogen) atoms. The number of anilines is 1. The van der Waals surface area contributed by atoms with E-state index in [1.807, 2.05) is 35.8 Å². The lowest BCUT2D eigenvalue weighted by atomic mass is 10.3. The Bertz CT molecular complexity index is 428. The Morgan fingerprint density at radius 2 is 2.33 bits per heavy atom. The summed E-state index contributed by atoms with van der Waals surface area (Å²) in [6.45, 7) is 2.08. The molecule has 1 heterocycles. The minimum Gasteiger partial charge on any atom is -0.376 e. The maximum atomic E-state index is 5.90. The fourth-order valence-electron chi connectivity index (χ4n) is 1.34. The van der Waals surface area contributed by atoms with Crippen molar-refractivity contribution in [1.82, 2.24) is 4.98 Å². The van der Waals surface area contributed by atoms with Crippen LogP contribution in [0.15, 0.2) is 35.8 Å². The van der Waals surface area contributed by atoms with Crippen molar-refractivity contribution in [2.24, 2.45) is 0 Å². The average molecular weight is 239 g/mol. The summed E-state index contributed by atoms with van der Waals surface area (Å²) in [5.74, 6) is 0. The number of benzene rings is 1. The van der Waals surface area contributed by atoms with Crippen molar-refractivity contribution >= 4 is 28.6 Å². The zero-order valence-corrected chi connectivity index (χ0v) is 9.85. The molecule has 4 heteroatoms.